The molecule has 0 unspecified atom stereocenters. The van der Waals surface area contributed by atoms with Crippen LogP contribution >= 0.6 is 0 Å². The molecule has 29 heavy (non-hydrogen) atoms. The number of nitrogens with one attached hydrogen (secondary N) is 1. The van der Waals surface area contributed by atoms with Gasteiger partial charge < -0.3 is 25.1 Å². The van der Waals surface area contributed by atoms with E-state index in [2.05, 4.69) is 10.3 Å². The van der Waals surface area contributed by atoms with Gasteiger partial charge in [-0.2, -0.15) is 0 Å². The van der Waals surface area contributed by atoms with Crippen LogP contribution in [0.25, 0.3) is 11.0 Å². The van der Waals surface area contributed by atoms with Crippen LogP contribution < -0.4 is 15.8 Å². The smallest absolute Gasteiger partial charge is 0.231 e. The molecular weight excluding hydrogens is 382 g/mol. The van der Waals surface area contributed by atoms with Crippen molar-refractivity contribution in [3.63, 3.8) is 0 Å². The molecule has 7 nitrogen and oxygen atoms in total. The van der Waals surface area contributed by atoms with Gasteiger partial charge >= 0.3 is 0 Å². The number of nitrogens with zero attached hydrogens (tertiary/aromatic N) is 2. The third-order valence-electron chi connectivity index (χ3n) is 4.17. The van der Waals surface area contributed by atoms with E-state index in [0.717, 1.165) is 17.6 Å². The van der Waals surface area contributed by atoms with Crippen molar-refractivity contribution in [1.29, 1.82) is 0 Å². The Labute approximate surface area is 166 Å². The number of ether oxygens (including phenoxy) is 2. The van der Waals surface area contributed by atoms with Gasteiger partial charge in [-0.25, -0.2) is 13.8 Å². The summed E-state index contributed by atoms with van der Waals surface area (Å²) in [5.74, 6) is -0.907. The lowest BCUT2D eigenvalue weighted by molar-refractivity contribution is -0.117. The quantitative estimate of drug-likeness (QED) is 0.507. The Bertz CT molecular complexity index is 1010. The van der Waals surface area contributed by atoms with Crippen molar-refractivity contribution in [3.8, 4) is 11.5 Å². The summed E-state index contributed by atoms with van der Waals surface area (Å²) >= 11 is 0. The highest BCUT2D eigenvalue weighted by Gasteiger charge is 2.13. The molecule has 0 bridgehead atoms. The van der Waals surface area contributed by atoms with Gasteiger partial charge in [-0.15, -0.1) is 0 Å². The van der Waals surface area contributed by atoms with Gasteiger partial charge in [0.15, 0.2) is 11.6 Å². The highest BCUT2D eigenvalue weighted by molar-refractivity contribution is 5.78. The normalized spacial score (nSPS) is 11.1. The molecule has 3 aromatic rings. The average Bonchev–Trinajstić information content (AvgIpc) is 3.01. The van der Waals surface area contributed by atoms with Crippen molar-refractivity contribution in [2.45, 2.75) is 20.0 Å². The van der Waals surface area contributed by atoms with Crippen molar-refractivity contribution < 1.29 is 23.0 Å². The maximum absolute atomic E-state index is 13.9. The van der Waals surface area contributed by atoms with E-state index in [1.54, 1.807) is 18.2 Å². The van der Waals surface area contributed by atoms with E-state index < -0.39 is 17.5 Å². The van der Waals surface area contributed by atoms with Crippen molar-refractivity contribution >= 4 is 16.9 Å². The Kier molecular flexibility index (Phi) is 6.73. The molecule has 0 radical (unpaired) electrons. The highest BCUT2D eigenvalue weighted by Crippen LogP contribution is 2.28. The van der Waals surface area contributed by atoms with Gasteiger partial charge in [-0.3, -0.25) is 4.79 Å². The average molecular weight is 404 g/mol. The number of halogens is 2. The van der Waals surface area contributed by atoms with Crippen molar-refractivity contribution in [1.82, 2.24) is 14.9 Å². The van der Waals surface area contributed by atoms with E-state index in [-0.39, 0.29) is 12.3 Å². The molecular formula is C20H22F2N4O3. The molecule has 0 aliphatic heterocycles. The summed E-state index contributed by atoms with van der Waals surface area (Å²) in [5.41, 5.74) is 6.64. The monoisotopic (exact) mass is 404 g/mol. The van der Waals surface area contributed by atoms with E-state index in [4.69, 9.17) is 15.2 Å². The van der Waals surface area contributed by atoms with E-state index in [0.29, 0.717) is 43.4 Å². The Hall–Kier alpha value is -3.04. The van der Waals surface area contributed by atoms with Crippen molar-refractivity contribution in [2.24, 2.45) is 5.73 Å². The second-order valence-corrected chi connectivity index (χ2v) is 6.27. The fourth-order valence-electron chi connectivity index (χ4n) is 2.88. The van der Waals surface area contributed by atoms with Gasteiger partial charge in [0.05, 0.1) is 30.7 Å². The molecule has 9 heteroatoms. The number of hydrogen-bond acceptors (Lipinski definition) is 5. The standard InChI is InChI=1S/C20H22F2N4O3/c1-2-28-8-7-26-17-10-14(29-18-6-3-13(21)9-15(18)22)4-5-16(17)25-20(26)12-24-11-19(23)27/h3-6,9-10,24H,2,7-8,11-12H2,1H3,(H2,23,27). The number of primary amides is 1. The molecule has 154 valence electrons. The maximum atomic E-state index is 13.9. The van der Waals surface area contributed by atoms with Crippen LogP contribution in [0.15, 0.2) is 36.4 Å². The first kappa shape index (κ1) is 20.7. The lowest BCUT2D eigenvalue weighted by atomic mass is 10.3. The molecule has 1 heterocycles. The Morgan fingerprint density at radius 2 is 2.07 bits per heavy atom. The first-order chi connectivity index (χ1) is 14.0. The fourth-order valence-corrected chi connectivity index (χ4v) is 2.88. The number of imidazole rings is 1. The molecule has 3 N–H and O–H groups in total. The molecule has 0 atom stereocenters. The summed E-state index contributed by atoms with van der Waals surface area (Å²) < 4.78 is 40.0. The van der Waals surface area contributed by atoms with Crippen LogP contribution in [0.1, 0.15) is 12.7 Å². The molecule has 0 saturated heterocycles. The Morgan fingerprint density at radius 3 is 2.79 bits per heavy atom. The van der Waals surface area contributed by atoms with Gasteiger partial charge in [0.2, 0.25) is 5.91 Å². The van der Waals surface area contributed by atoms with E-state index in [9.17, 15) is 13.6 Å². The number of benzene rings is 2. The zero-order chi connectivity index (χ0) is 20.8. The van der Waals surface area contributed by atoms with E-state index in [1.807, 2.05) is 11.5 Å². The lowest BCUT2D eigenvalue weighted by Gasteiger charge is -2.11. The number of aromatic nitrogens is 2. The molecule has 2 aromatic carbocycles. The molecule has 1 amide bonds. The number of rotatable bonds is 10. The number of amides is 1. The maximum Gasteiger partial charge on any atom is 0.231 e. The minimum absolute atomic E-state index is 0.0346. The zero-order valence-electron chi connectivity index (χ0n) is 16.0. The van der Waals surface area contributed by atoms with E-state index >= 15 is 0 Å². The molecule has 0 spiro atoms. The number of fused-ring (bicyclic) bond motifs is 1. The summed E-state index contributed by atoms with van der Waals surface area (Å²) in [6, 6.07) is 8.27. The van der Waals surface area contributed by atoms with Crippen LogP contribution in [-0.4, -0.2) is 35.2 Å². The molecule has 0 aliphatic carbocycles. The summed E-state index contributed by atoms with van der Waals surface area (Å²) in [4.78, 5) is 15.5. The third-order valence-corrected chi connectivity index (χ3v) is 4.17. The Balaban J connectivity index is 1.89. The van der Waals surface area contributed by atoms with Crippen LogP contribution in [0.5, 0.6) is 11.5 Å². The predicted molar refractivity (Wildman–Crippen MR) is 104 cm³/mol. The number of nitrogens with two attached hydrogens (primary N) is 1. The number of carbonyl (C=O) groups is 1. The first-order valence-electron chi connectivity index (χ1n) is 9.16. The van der Waals surface area contributed by atoms with Crippen LogP contribution in [-0.2, 0) is 22.6 Å². The van der Waals surface area contributed by atoms with Gasteiger partial charge in [0, 0.05) is 25.3 Å². The minimum atomic E-state index is -0.786. The third kappa shape index (κ3) is 5.27. The van der Waals surface area contributed by atoms with Gasteiger partial charge in [-0.05, 0) is 31.2 Å². The largest absolute Gasteiger partial charge is 0.454 e. The SMILES string of the molecule is CCOCCn1c(CNCC(N)=O)nc2ccc(Oc3ccc(F)cc3F)cc21. The van der Waals surface area contributed by atoms with Crippen LogP contribution in [0.3, 0.4) is 0 Å². The van der Waals surface area contributed by atoms with Crippen LogP contribution in [0, 0.1) is 11.6 Å². The van der Waals surface area contributed by atoms with Crippen molar-refractivity contribution in [2.75, 3.05) is 19.8 Å². The van der Waals surface area contributed by atoms with Gasteiger partial charge in [0.25, 0.3) is 0 Å². The topological polar surface area (TPSA) is 91.4 Å². The van der Waals surface area contributed by atoms with Crippen LogP contribution in [0.2, 0.25) is 0 Å². The number of carbonyl (C=O) groups excluding carboxylic acids is 1. The second kappa shape index (κ2) is 9.44. The molecule has 0 aliphatic rings. The first-order valence-corrected chi connectivity index (χ1v) is 9.16. The molecule has 0 saturated carbocycles. The van der Waals surface area contributed by atoms with Crippen LogP contribution in [0.4, 0.5) is 8.78 Å². The van der Waals surface area contributed by atoms with Crippen molar-refractivity contribution in [3.05, 3.63) is 53.9 Å². The molecule has 3 rings (SSSR count). The molecule has 0 fully saturated rings. The lowest BCUT2D eigenvalue weighted by Crippen LogP contribution is -2.29. The predicted octanol–water partition coefficient (Wildman–Crippen LogP) is 2.72. The summed E-state index contributed by atoms with van der Waals surface area (Å²) in [6.07, 6.45) is 0. The van der Waals surface area contributed by atoms with Gasteiger partial charge in [-0.1, -0.05) is 0 Å². The number of hydrogen-bond donors (Lipinski definition) is 2. The minimum Gasteiger partial charge on any atom is -0.454 e. The van der Waals surface area contributed by atoms with Gasteiger partial charge in [0.1, 0.15) is 17.4 Å². The Morgan fingerprint density at radius 1 is 1.24 bits per heavy atom. The van der Waals surface area contributed by atoms with E-state index in [1.165, 1.54) is 6.07 Å². The summed E-state index contributed by atoms with van der Waals surface area (Å²) in [5, 5.41) is 2.95. The summed E-state index contributed by atoms with van der Waals surface area (Å²) in [6.45, 7) is 3.87. The highest BCUT2D eigenvalue weighted by atomic mass is 19.1. The molecule has 1 aromatic heterocycles. The second-order valence-electron chi connectivity index (χ2n) is 6.27. The zero-order valence-corrected chi connectivity index (χ0v) is 16.0. The summed E-state index contributed by atoms with van der Waals surface area (Å²) in [7, 11) is 0. The fraction of sp³-hybridized carbons (Fsp3) is 0.300.